The zero-order valence-electron chi connectivity index (χ0n) is 13.6. The minimum atomic E-state index is -0.241. The number of aromatic nitrogens is 3. The molecule has 2 aromatic heterocycles. The van der Waals surface area contributed by atoms with Crippen molar-refractivity contribution < 1.29 is 4.79 Å². The van der Waals surface area contributed by atoms with Crippen molar-refractivity contribution in [2.24, 2.45) is 0 Å². The lowest BCUT2D eigenvalue weighted by Gasteiger charge is -2.13. The van der Waals surface area contributed by atoms with Crippen molar-refractivity contribution in [2.45, 2.75) is 19.8 Å². The van der Waals surface area contributed by atoms with E-state index in [0.717, 1.165) is 16.4 Å². The van der Waals surface area contributed by atoms with E-state index in [2.05, 4.69) is 20.7 Å². The minimum absolute atomic E-state index is 0.180. The largest absolute Gasteiger partial charge is 0.337 e. The van der Waals surface area contributed by atoms with Gasteiger partial charge in [-0.2, -0.15) is 5.10 Å². The number of anilines is 1. The number of para-hydroxylation sites is 2. The Morgan fingerprint density at radius 3 is 2.88 bits per heavy atom. The molecule has 0 fully saturated rings. The molecule has 0 aliphatic heterocycles. The number of thiazole rings is 1. The van der Waals surface area contributed by atoms with E-state index < -0.39 is 0 Å². The zero-order valence-corrected chi connectivity index (χ0v) is 14.4. The molecule has 1 atom stereocenters. The van der Waals surface area contributed by atoms with Crippen LogP contribution in [0.3, 0.4) is 0 Å². The van der Waals surface area contributed by atoms with Crippen molar-refractivity contribution in [1.29, 1.82) is 0 Å². The third-order valence-electron chi connectivity index (χ3n) is 3.56. The number of hydrogen-bond acceptors (Lipinski definition) is 4. The number of nitrogens with zero attached hydrogens (tertiary/aromatic N) is 3. The van der Waals surface area contributed by atoms with Gasteiger partial charge in [-0.25, -0.2) is 14.5 Å². The van der Waals surface area contributed by atoms with Gasteiger partial charge in [0.2, 0.25) is 0 Å². The highest BCUT2D eigenvalue weighted by atomic mass is 32.1. The first-order valence-electron chi connectivity index (χ1n) is 7.69. The van der Waals surface area contributed by atoms with Crippen molar-refractivity contribution >= 4 is 23.1 Å². The number of urea groups is 1. The summed E-state index contributed by atoms with van der Waals surface area (Å²) in [5, 5.41) is 13.1. The maximum Gasteiger partial charge on any atom is 0.319 e. The molecule has 124 valence electrons. The summed E-state index contributed by atoms with van der Waals surface area (Å²) in [7, 11) is 0. The van der Waals surface area contributed by atoms with E-state index in [4.69, 9.17) is 0 Å². The number of nitrogens with one attached hydrogen (secondary N) is 2. The van der Waals surface area contributed by atoms with E-state index in [1.54, 1.807) is 22.2 Å². The van der Waals surface area contributed by atoms with Crippen LogP contribution >= 0.6 is 11.3 Å². The highest BCUT2D eigenvalue weighted by Gasteiger charge is 2.12. The molecule has 2 amide bonds. The summed E-state index contributed by atoms with van der Waals surface area (Å²) >= 11 is 1.59. The van der Waals surface area contributed by atoms with Crippen molar-refractivity contribution in [3.05, 3.63) is 58.8 Å². The maximum atomic E-state index is 12.2. The second kappa shape index (κ2) is 7.27. The first-order valence-corrected chi connectivity index (χ1v) is 8.57. The summed E-state index contributed by atoms with van der Waals surface area (Å²) in [6, 6.07) is 9.26. The lowest BCUT2D eigenvalue weighted by atomic mass is 10.2. The van der Waals surface area contributed by atoms with E-state index in [1.807, 2.05) is 55.8 Å². The Morgan fingerprint density at radius 1 is 1.33 bits per heavy atom. The number of hydrogen-bond donors (Lipinski definition) is 2. The van der Waals surface area contributed by atoms with Crippen LogP contribution < -0.4 is 10.6 Å². The molecule has 3 aromatic rings. The van der Waals surface area contributed by atoms with Crippen LogP contribution in [0.15, 0.2) is 48.1 Å². The SMILES string of the molecule is Cc1ccn(-c2ccccc2NC(=O)NC[C@@H](C)c2nccs2)n1. The third kappa shape index (κ3) is 3.80. The normalized spacial score (nSPS) is 11.9. The van der Waals surface area contributed by atoms with Gasteiger partial charge in [0.05, 0.1) is 22.1 Å². The number of amides is 2. The van der Waals surface area contributed by atoms with Gasteiger partial charge >= 0.3 is 6.03 Å². The van der Waals surface area contributed by atoms with Crippen LogP contribution in [0.4, 0.5) is 10.5 Å². The second-order valence-electron chi connectivity index (χ2n) is 5.53. The number of carbonyl (C=O) groups excluding carboxylic acids is 1. The minimum Gasteiger partial charge on any atom is -0.337 e. The average molecular weight is 341 g/mol. The summed E-state index contributed by atoms with van der Waals surface area (Å²) in [6.07, 6.45) is 3.65. The Morgan fingerprint density at radius 2 is 2.17 bits per heavy atom. The number of rotatable bonds is 5. The molecular formula is C17H19N5OS. The summed E-state index contributed by atoms with van der Waals surface area (Å²) in [5.41, 5.74) is 2.46. The predicted octanol–water partition coefficient (Wildman–Crippen LogP) is 3.56. The van der Waals surface area contributed by atoms with E-state index in [0.29, 0.717) is 12.2 Å². The van der Waals surface area contributed by atoms with Crippen molar-refractivity contribution in [2.75, 3.05) is 11.9 Å². The fraction of sp³-hybridized carbons (Fsp3) is 0.235. The standard InChI is InChI=1S/C17H19N5OS/c1-12(16-18-8-10-24-16)11-19-17(23)20-14-5-3-4-6-15(14)22-9-7-13(2)21-22/h3-10,12H,11H2,1-2H3,(H2,19,20,23)/t12-/m1/s1. The molecule has 0 bridgehead atoms. The molecule has 3 rings (SSSR count). The van der Waals surface area contributed by atoms with Crippen molar-refractivity contribution in [3.63, 3.8) is 0 Å². The van der Waals surface area contributed by atoms with Gasteiger partial charge in [-0.15, -0.1) is 11.3 Å². The Bertz CT molecular complexity index is 812. The van der Waals surface area contributed by atoms with E-state index in [-0.39, 0.29) is 11.9 Å². The van der Waals surface area contributed by atoms with Crippen molar-refractivity contribution in [3.8, 4) is 5.69 Å². The molecule has 7 heteroatoms. The van der Waals surface area contributed by atoms with Gasteiger partial charge in [0.15, 0.2) is 0 Å². The molecule has 0 saturated heterocycles. The topological polar surface area (TPSA) is 71.8 Å². The molecule has 2 N–H and O–H groups in total. The molecule has 0 radical (unpaired) electrons. The first-order chi connectivity index (χ1) is 11.6. The molecule has 6 nitrogen and oxygen atoms in total. The molecule has 0 aliphatic rings. The maximum absolute atomic E-state index is 12.2. The molecule has 1 aromatic carbocycles. The number of benzene rings is 1. The van der Waals surface area contributed by atoms with E-state index >= 15 is 0 Å². The molecule has 0 unspecified atom stereocenters. The van der Waals surface area contributed by atoms with Gasteiger partial charge in [-0.3, -0.25) is 0 Å². The fourth-order valence-corrected chi connectivity index (χ4v) is 3.00. The van der Waals surface area contributed by atoms with Crippen LogP contribution in [0.25, 0.3) is 5.69 Å². The summed E-state index contributed by atoms with van der Waals surface area (Å²) < 4.78 is 1.75. The van der Waals surface area contributed by atoms with Gasteiger partial charge < -0.3 is 10.6 Å². The van der Waals surface area contributed by atoms with Gasteiger partial charge in [0.1, 0.15) is 0 Å². The molecule has 0 aliphatic carbocycles. The number of carbonyl (C=O) groups is 1. The Balaban J connectivity index is 1.64. The molecular weight excluding hydrogens is 322 g/mol. The van der Waals surface area contributed by atoms with Crippen LogP contribution in [0.5, 0.6) is 0 Å². The number of aryl methyl sites for hydroxylation is 1. The van der Waals surface area contributed by atoms with Crippen LogP contribution in [0.2, 0.25) is 0 Å². The van der Waals surface area contributed by atoms with Gasteiger partial charge in [-0.05, 0) is 25.1 Å². The van der Waals surface area contributed by atoms with Crippen LogP contribution in [0, 0.1) is 6.92 Å². The highest BCUT2D eigenvalue weighted by Crippen LogP contribution is 2.20. The first kappa shape index (κ1) is 16.2. The van der Waals surface area contributed by atoms with Gasteiger partial charge in [0, 0.05) is 30.2 Å². The van der Waals surface area contributed by atoms with Crippen molar-refractivity contribution in [1.82, 2.24) is 20.1 Å². The Kier molecular flexibility index (Phi) is 4.90. The zero-order chi connectivity index (χ0) is 16.9. The van der Waals surface area contributed by atoms with Crippen LogP contribution in [0.1, 0.15) is 23.5 Å². The fourth-order valence-electron chi connectivity index (χ4n) is 2.31. The second-order valence-corrected chi connectivity index (χ2v) is 6.45. The van der Waals surface area contributed by atoms with Crippen LogP contribution in [-0.4, -0.2) is 27.3 Å². The Hall–Kier alpha value is -2.67. The lowest BCUT2D eigenvalue weighted by Crippen LogP contribution is -2.32. The van der Waals surface area contributed by atoms with Gasteiger partial charge in [0.25, 0.3) is 0 Å². The van der Waals surface area contributed by atoms with Gasteiger partial charge in [-0.1, -0.05) is 19.1 Å². The molecule has 0 spiro atoms. The third-order valence-corrected chi connectivity index (χ3v) is 4.57. The molecule has 2 heterocycles. The summed E-state index contributed by atoms with van der Waals surface area (Å²) in [5.74, 6) is 0.180. The molecule has 24 heavy (non-hydrogen) atoms. The summed E-state index contributed by atoms with van der Waals surface area (Å²) in [4.78, 5) is 16.5. The monoisotopic (exact) mass is 341 g/mol. The highest BCUT2D eigenvalue weighted by molar-refractivity contribution is 7.09. The van der Waals surface area contributed by atoms with E-state index in [9.17, 15) is 4.79 Å². The summed E-state index contributed by atoms with van der Waals surface area (Å²) in [6.45, 7) is 4.50. The smallest absolute Gasteiger partial charge is 0.319 e. The van der Waals surface area contributed by atoms with Crippen LogP contribution in [-0.2, 0) is 0 Å². The quantitative estimate of drug-likeness (QED) is 0.745. The predicted molar refractivity (Wildman–Crippen MR) is 95.9 cm³/mol. The molecule has 0 saturated carbocycles. The average Bonchev–Trinajstić information content (AvgIpc) is 3.25. The van der Waals surface area contributed by atoms with E-state index in [1.165, 1.54) is 0 Å². The lowest BCUT2D eigenvalue weighted by molar-refractivity contribution is 0.251. The Labute approximate surface area is 144 Å².